The lowest BCUT2D eigenvalue weighted by Gasteiger charge is -2.15. The van der Waals surface area contributed by atoms with Crippen molar-refractivity contribution in [1.29, 1.82) is 0 Å². The number of ether oxygens (including phenoxy) is 1. The van der Waals surface area contributed by atoms with Crippen LogP contribution in [0.1, 0.15) is 6.92 Å². The quantitative estimate of drug-likeness (QED) is 0.588. The number of hydrogen-bond acceptors (Lipinski definition) is 3. The largest absolute Gasteiger partial charge is 0.480 e. The van der Waals surface area contributed by atoms with Gasteiger partial charge in [0.05, 0.1) is 6.10 Å². The molecule has 0 rings (SSSR count). The first-order chi connectivity index (χ1) is 4.63. The van der Waals surface area contributed by atoms with Crippen molar-refractivity contribution in [3.63, 3.8) is 0 Å². The van der Waals surface area contributed by atoms with Crippen LogP contribution in [0.5, 0.6) is 0 Å². The van der Waals surface area contributed by atoms with Crippen LogP contribution in [0.25, 0.3) is 0 Å². The van der Waals surface area contributed by atoms with Gasteiger partial charge in [-0.05, 0) is 18.7 Å². The highest BCUT2D eigenvalue weighted by molar-refractivity contribution is 6.14. The molecule has 0 radical (unpaired) electrons. The maximum absolute atomic E-state index is 10.3. The monoisotopic (exact) mass is 167 g/mol. The Morgan fingerprint density at radius 2 is 2.30 bits per heavy atom. The van der Waals surface area contributed by atoms with Gasteiger partial charge in [-0.1, -0.05) is 0 Å². The van der Waals surface area contributed by atoms with Gasteiger partial charge < -0.3 is 9.84 Å². The molecule has 2 N–H and O–H groups in total. The van der Waals surface area contributed by atoms with Crippen LogP contribution >= 0.6 is 11.8 Å². The van der Waals surface area contributed by atoms with Gasteiger partial charge in [-0.3, -0.25) is 4.79 Å². The molecule has 10 heavy (non-hydrogen) atoms. The average molecular weight is 168 g/mol. The van der Waals surface area contributed by atoms with E-state index >= 15 is 0 Å². The van der Waals surface area contributed by atoms with Gasteiger partial charge in [0.25, 0.3) is 0 Å². The molecule has 0 saturated heterocycles. The van der Waals surface area contributed by atoms with Crippen LogP contribution in [-0.2, 0) is 9.53 Å². The lowest BCUT2D eigenvalue weighted by atomic mass is 10.2. The number of aliphatic carboxylic acids is 1. The molecule has 0 unspecified atom stereocenters. The minimum atomic E-state index is -1.02. The number of carbonyl (C=O) groups is 1. The molecule has 60 valence electrons. The molecule has 0 fully saturated rings. The Hall–Kier alpha value is -0.320. The molecule has 2 atom stereocenters. The zero-order valence-electron chi connectivity index (χ0n) is 5.80. The van der Waals surface area contributed by atoms with E-state index in [0.717, 1.165) is 0 Å². The van der Waals surface area contributed by atoms with Gasteiger partial charge in [-0.25, -0.2) is 4.84 Å². The SMILES string of the molecule is CO[C@H](C)[C@@H](NCl)C(=O)O. The van der Waals surface area contributed by atoms with Gasteiger partial charge in [0, 0.05) is 7.11 Å². The second kappa shape index (κ2) is 4.49. The summed E-state index contributed by atoms with van der Waals surface area (Å²) in [5.74, 6) is -1.02. The van der Waals surface area contributed by atoms with E-state index < -0.39 is 18.1 Å². The number of hydrogen-bond donors (Lipinski definition) is 2. The Balaban J connectivity index is 3.92. The van der Waals surface area contributed by atoms with Crippen LogP contribution in [-0.4, -0.2) is 30.3 Å². The van der Waals surface area contributed by atoms with Crippen LogP contribution in [0.15, 0.2) is 0 Å². The van der Waals surface area contributed by atoms with Crippen molar-refractivity contribution in [2.45, 2.75) is 19.1 Å². The highest BCUT2D eigenvalue weighted by Crippen LogP contribution is 1.97. The molecule has 0 aliphatic heterocycles. The van der Waals surface area contributed by atoms with E-state index in [1.165, 1.54) is 7.11 Å². The van der Waals surface area contributed by atoms with E-state index in [0.29, 0.717) is 0 Å². The Morgan fingerprint density at radius 3 is 2.40 bits per heavy atom. The van der Waals surface area contributed by atoms with E-state index in [4.69, 9.17) is 21.6 Å². The molecule has 0 spiro atoms. The Bertz CT molecular complexity index is 119. The molecule has 0 aromatic rings. The number of halogens is 1. The van der Waals surface area contributed by atoms with Crippen LogP contribution < -0.4 is 4.84 Å². The molecule has 4 nitrogen and oxygen atoms in total. The standard InChI is InChI=1S/C5H10ClNO3/c1-3(10-2)4(7-6)5(8)9/h3-4,7H,1-2H3,(H,8,9)/t3-,4-/m1/s1. The second-order valence-electron chi connectivity index (χ2n) is 1.87. The summed E-state index contributed by atoms with van der Waals surface area (Å²) in [6, 6.07) is -0.855. The summed E-state index contributed by atoms with van der Waals surface area (Å²) in [6.45, 7) is 1.62. The molecule has 0 bridgehead atoms. The van der Waals surface area contributed by atoms with Crippen molar-refractivity contribution in [3.05, 3.63) is 0 Å². The normalized spacial score (nSPS) is 16.3. The maximum Gasteiger partial charge on any atom is 0.324 e. The Morgan fingerprint density at radius 1 is 1.80 bits per heavy atom. The van der Waals surface area contributed by atoms with Gasteiger partial charge in [0.1, 0.15) is 6.04 Å². The maximum atomic E-state index is 10.3. The molecule has 0 saturated carbocycles. The summed E-state index contributed by atoms with van der Waals surface area (Å²) in [4.78, 5) is 12.4. The third-order valence-electron chi connectivity index (χ3n) is 1.22. The van der Waals surface area contributed by atoms with Gasteiger partial charge in [0.2, 0.25) is 0 Å². The summed E-state index contributed by atoms with van der Waals surface area (Å²) in [6.07, 6.45) is -0.435. The third kappa shape index (κ3) is 2.51. The van der Waals surface area contributed by atoms with Crippen LogP contribution in [0.4, 0.5) is 0 Å². The molecule has 0 heterocycles. The first-order valence-corrected chi connectivity index (χ1v) is 3.13. The van der Waals surface area contributed by atoms with Gasteiger partial charge >= 0.3 is 5.97 Å². The first kappa shape index (κ1) is 9.68. The highest BCUT2D eigenvalue weighted by atomic mass is 35.5. The number of methoxy groups -OCH3 is 1. The molecule has 0 amide bonds. The van der Waals surface area contributed by atoms with E-state index in [1.807, 2.05) is 0 Å². The molecule has 0 aromatic carbocycles. The van der Waals surface area contributed by atoms with Crippen molar-refractivity contribution in [1.82, 2.24) is 4.84 Å². The third-order valence-corrected chi connectivity index (χ3v) is 1.46. The minimum absolute atomic E-state index is 0.435. The topological polar surface area (TPSA) is 58.6 Å². The summed E-state index contributed by atoms with van der Waals surface area (Å²) in [7, 11) is 1.43. The van der Waals surface area contributed by atoms with Crippen LogP contribution in [0.2, 0.25) is 0 Å². The fraction of sp³-hybridized carbons (Fsp3) is 0.800. The van der Waals surface area contributed by atoms with E-state index in [-0.39, 0.29) is 0 Å². The fourth-order valence-corrected chi connectivity index (χ4v) is 0.743. The van der Waals surface area contributed by atoms with Gasteiger partial charge in [0.15, 0.2) is 0 Å². The molecular weight excluding hydrogens is 158 g/mol. The van der Waals surface area contributed by atoms with Crippen LogP contribution in [0.3, 0.4) is 0 Å². The lowest BCUT2D eigenvalue weighted by Crippen LogP contribution is -2.41. The van der Waals surface area contributed by atoms with Crippen molar-refractivity contribution < 1.29 is 14.6 Å². The van der Waals surface area contributed by atoms with Gasteiger partial charge in [-0.15, -0.1) is 0 Å². The Labute approximate surface area is 64.2 Å². The predicted octanol–water partition coefficient (Wildman–Crippen LogP) is 0.218. The van der Waals surface area contributed by atoms with Crippen LogP contribution in [0, 0.1) is 0 Å². The fourth-order valence-electron chi connectivity index (χ4n) is 0.472. The average Bonchev–Trinajstić information content (AvgIpc) is 1.88. The number of carboxylic acids is 1. The molecule has 0 aliphatic carbocycles. The number of rotatable bonds is 4. The van der Waals surface area contributed by atoms with E-state index in [1.54, 1.807) is 6.92 Å². The smallest absolute Gasteiger partial charge is 0.324 e. The zero-order chi connectivity index (χ0) is 8.15. The highest BCUT2D eigenvalue weighted by Gasteiger charge is 2.22. The zero-order valence-corrected chi connectivity index (χ0v) is 6.55. The molecule has 0 aromatic heterocycles. The van der Waals surface area contributed by atoms with Crippen molar-refractivity contribution in [2.75, 3.05) is 7.11 Å². The Kier molecular flexibility index (Phi) is 4.34. The molecule has 5 heteroatoms. The molecular formula is C5H10ClNO3. The molecule has 0 aliphatic rings. The van der Waals surface area contributed by atoms with Gasteiger partial charge in [-0.2, -0.15) is 0 Å². The predicted molar refractivity (Wildman–Crippen MR) is 36.9 cm³/mol. The second-order valence-corrected chi connectivity index (χ2v) is 2.08. The summed E-state index contributed by atoms with van der Waals surface area (Å²) >= 11 is 5.13. The van der Waals surface area contributed by atoms with E-state index in [9.17, 15) is 4.79 Å². The van der Waals surface area contributed by atoms with Crippen molar-refractivity contribution in [3.8, 4) is 0 Å². The summed E-state index contributed by atoms with van der Waals surface area (Å²) in [5.41, 5.74) is 0. The number of carboxylic acid groups (broad SMARTS) is 1. The van der Waals surface area contributed by atoms with Crippen molar-refractivity contribution >= 4 is 17.7 Å². The van der Waals surface area contributed by atoms with E-state index in [2.05, 4.69) is 4.84 Å². The summed E-state index contributed by atoms with van der Waals surface area (Å²) in [5, 5.41) is 8.45. The summed E-state index contributed by atoms with van der Waals surface area (Å²) < 4.78 is 4.74. The first-order valence-electron chi connectivity index (χ1n) is 2.75. The van der Waals surface area contributed by atoms with Crippen molar-refractivity contribution in [2.24, 2.45) is 0 Å². The lowest BCUT2D eigenvalue weighted by molar-refractivity contribution is -0.142. The number of nitrogens with one attached hydrogen (secondary N) is 1. The minimum Gasteiger partial charge on any atom is -0.480 e.